The number of nitrogens with zero attached hydrogens (tertiary/aromatic N) is 3. The molecule has 0 radical (unpaired) electrons. The van der Waals surface area contributed by atoms with Crippen LogP contribution in [0.15, 0.2) is 89.0 Å². The standard InChI is InChI=1S/C27H24N4O4S/c1-35-19-13-11-18(12-14-19)28-25(33)16-24-26(34)29-27(36-24)31-22(20-9-5-6-10-23(20)32)15-21(30-31)17-7-3-2-4-8-17/h2-14,22,24,32H,15-16H2,1H3,(H,28,33). The number of hydrazone groups is 1. The van der Waals surface area contributed by atoms with Crippen molar-refractivity contribution in [2.24, 2.45) is 10.1 Å². The molecule has 9 heteroatoms. The Balaban J connectivity index is 1.33. The van der Waals surface area contributed by atoms with Crippen molar-refractivity contribution in [1.82, 2.24) is 5.01 Å². The summed E-state index contributed by atoms with van der Waals surface area (Å²) in [5.74, 6) is 0.184. The molecular weight excluding hydrogens is 476 g/mol. The summed E-state index contributed by atoms with van der Waals surface area (Å²) >= 11 is 1.22. The summed E-state index contributed by atoms with van der Waals surface area (Å²) in [6.45, 7) is 0. The minimum Gasteiger partial charge on any atom is -0.508 e. The molecule has 0 fully saturated rings. The number of aliphatic imine (C=N–C) groups is 1. The van der Waals surface area contributed by atoms with E-state index in [-0.39, 0.29) is 30.0 Å². The zero-order valence-corrected chi connectivity index (χ0v) is 20.3. The van der Waals surface area contributed by atoms with Crippen LogP contribution in [0.3, 0.4) is 0 Å². The fraction of sp³-hybridized carbons (Fsp3) is 0.185. The zero-order valence-electron chi connectivity index (χ0n) is 19.5. The number of para-hydroxylation sites is 1. The van der Waals surface area contributed by atoms with Crippen LogP contribution in [0.2, 0.25) is 0 Å². The molecule has 3 aromatic carbocycles. The first-order valence-corrected chi connectivity index (χ1v) is 12.3. The number of phenolic OH excluding ortho intramolecular Hbond substituents is 1. The fourth-order valence-electron chi connectivity index (χ4n) is 4.16. The molecule has 2 N–H and O–H groups in total. The van der Waals surface area contributed by atoms with Gasteiger partial charge in [-0.25, -0.2) is 5.01 Å². The van der Waals surface area contributed by atoms with Gasteiger partial charge in [-0.3, -0.25) is 9.59 Å². The predicted octanol–water partition coefficient (Wildman–Crippen LogP) is 4.58. The smallest absolute Gasteiger partial charge is 0.262 e. The minimum atomic E-state index is -0.653. The van der Waals surface area contributed by atoms with Gasteiger partial charge in [0.15, 0.2) is 5.17 Å². The van der Waals surface area contributed by atoms with Gasteiger partial charge in [-0.2, -0.15) is 10.1 Å². The molecule has 182 valence electrons. The van der Waals surface area contributed by atoms with Gasteiger partial charge in [-0.05, 0) is 35.9 Å². The van der Waals surface area contributed by atoms with Crippen LogP contribution in [0.1, 0.15) is 30.0 Å². The van der Waals surface area contributed by atoms with Crippen LogP contribution in [0, 0.1) is 0 Å². The molecule has 2 heterocycles. The third-order valence-electron chi connectivity index (χ3n) is 5.98. The number of phenols is 1. The monoisotopic (exact) mass is 500 g/mol. The van der Waals surface area contributed by atoms with Crippen LogP contribution >= 0.6 is 11.8 Å². The molecule has 2 atom stereocenters. The third-order valence-corrected chi connectivity index (χ3v) is 7.12. The number of nitrogens with one attached hydrogen (secondary N) is 1. The summed E-state index contributed by atoms with van der Waals surface area (Å²) in [5, 5.41) is 19.6. The molecule has 36 heavy (non-hydrogen) atoms. The Morgan fingerprint density at radius 2 is 1.81 bits per heavy atom. The number of ether oxygens (including phenoxy) is 1. The molecule has 2 unspecified atom stereocenters. The van der Waals surface area contributed by atoms with Crippen LogP contribution in [0.5, 0.6) is 11.5 Å². The summed E-state index contributed by atoms with van der Waals surface area (Å²) < 4.78 is 5.13. The second kappa shape index (κ2) is 10.2. The number of rotatable bonds is 6. The Morgan fingerprint density at radius 1 is 1.08 bits per heavy atom. The van der Waals surface area contributed by atoms with E-state index in [1.165, 1.54) is 11.8 Å². The Kier molecular flexibility index (Phi) is 6.73. The number of amides is 2. The minimum absolute atomic E-state index is 0.0210. The van der Waals surface area contributed by atoms with E-state index in [0.29, 0.717) is 28.6 Å². The maximum atomic E-state index is 12.7. The van der Waals surface area contributed by atoms with E-state index >= 15 is 0 Å². The van der Waals surface area contributed by atoms with Gasteiger partial charge in [-0.1, -0.05) is 60.3 Å². The van der Waals surface area contributed by atoms with Crippen LogP contribution in [-0.4, -0.2) is 45.2 Å². The molecule has 2 amide bonds. The highest BCUT2D eigenvalue weighted by Crippen LogP contribution is 2.41. The first-order chi connectivity index (χ1) is 17.5. The second-order valence-corrected chi connectivity index (χ2v) is 9.53. The van der Waals surface area contributed by atoms with Crippen molar-refractivity contribution in [2.45, 2.75) is 24.1 Å². The highest BCUT2D eigenvalue weighted by Gasteiger charge is 2.39. The highest BCUT2D eigenvalue weighted by atomic mass is 32.2. The summed E-state index contributed by atoms with van der Waals surface area (Å²) in [4.78, 5) is 29.6. The summed E-state index contributed by atoms with van der Waals surface area (Å²) in [6.07, 6.45) is 0.519. The van der Waals surface area contributed by atoms with Gasteiger partial charge >= 0.3 is 0 Å². The van der Waals surface area contributed by atoms with Gasteiger partial charge in [-0.15, -0.1) is 0 Å². The van der Waals surface area contributed by atoms with Crippen molar-refractivity contribution in [2.75, 3.05) is 12.4 Å². The van der Waals surface area contributed by atoms with E-state index in [2.05, 4.69) is 10.3 Å². The number of hydrogen-bond acceptors (Lipinski definition) is 7. The number of aromatic hydroxyl groups is 1. The van der Waals surface area contributed by atoms with Crippen molar-refractivity contribution in [3.63, 3.8) is 0 Å². The van der Waals surface area contributed by atoms with Crippen molar-refractivity contribution >= 4 is 40.1 Å². The normalized spacial score (nSPS) is 19.1. The quantitative estimate of drug-likeness (QED) is 0.514. The topological polar surface area (TPSA) is 104 Å². The molecule has 0 aromatic heterocycles. The lowest BCUT2D eigenvalue weighted by atomic mass is 9.98. The number of amidine groups is 1. The number of thioether (sulfide) groups is 1. The van der Waals surface area contributed by atoms with Gasteiger partial charge < -0.3 is 15.2 Å². The number of methoxy groups -OCH3 is 1. The Hall–Kier alpha value is -4.11. The van der Waals surface area contributed by atoms with Crippen molar-refractivity contribution in [3.8, 4) is 11.5 Å². The molecule has 0 spiro atoms. The SMILES string of the molecule is COc1ccc(NC(=O)CC2SC(N3N=C(c4ccccc4)CC3c3ccccc3O)=NC2=O)cc1. The Morgan fingerprint density at radius 3 is 2.53 bits per heavy atom. The van der Waals surface area contributed by atoms with Crippen molar-refractivity contribution in [3.05, 3.63) is 90.0 Å². The third kappa shape index (κ3) is 4.96. The molecule has 0 bridgehead atoms. The lowest BCUT2D eigenvalue weighted by Crippen LogP contribution is -2.25. The Labute approximate surface area is 212 Å². The molecular formula is C27H24N4O4S. The molecule has 2 aliphatic heterocycles. The molecule has 5 rings (SSSR count). The number of hydrogen-bond donors (Lipinski definition) is 2. The van der Waals surface area contributed by atoms with Gasteiger partial charge in [0.2, 0.25) is 5.91 Å². The molecule has 0 saturated carbocycles. The summed E-state index contributed by atoms with van der Waals surface area (Å²) in [5.41, 5.74) is 3.11. The highest BCUT2D eigenvalue weighted by molar-refractivity contribution is 8.15. The van der Waals surface area contributed by atoms with Crippen LogP contribution in [0.25, 0.3) is 0 Å². The van der Waals surface area contributed by atoms with E-state index in [1.807, 2.05) is 42.5 Å². The summed E-state index contributed by atoms with van der Waals surface area (Å²) in [7, 11) is 1.57. The first-order valence-electron chi connectivity index (χ1n) is 11.4. The maximum absolute atomic E-state index is 12.7. The number of anilines is 1. The average Bonchev–Trinajstić information content (AvgIpc) is 3.49. The van der Waals surface area contributed by atoms with E-state index in [0.717, 1.165) is 11.3 Å². The van der Waals surface area contributed by atoms with E-state index in [1.54, 1.807) is 48.5 Å². The lowest BCUT2D eigenvalue weighted by Gasteiger charge is -2.23. The number of carbonyl (C=O) groups is 2. The fourth-order valence-corrected chi connectivity index (χ4v) is 5.22. The predicted molar refractivity (Wildman–Crippen MR) is 140 cm³/mol. The van der Waals surface area contributed by atoms with Crippen LogP contribution in [0.4, 0.5) is 5.69 Å². The molecule has 2 aliphatic rings. The lowest BCUT2D eigenvalue weighted by molar-refractivity contribution is -0.121. The summed E-state index contributed by atoms with van der Waals surface area (Å²) in [6, 6.07) is 23.5. The van der Waals surface area contributed by atoms with E-state index in [9.17, 15) is 14.7 Å². The molecule has 0 saturated heterocycles. The largest absolute Gasteiger partial charge is 0.508 e. The number of benzene rings is 3. The first kappa shape index (κ1) is 23.6. The van der Waals surface area contributed by atoms with Gasteiger partial charge in [0, 0.05) is 24.1 Å². The molecule has 3 aromatic rings. The second-order valence-electron chi connectivity index (χ2n) is 8.36. The van der Waals surface area contributed by atoms with E-state index in [4.69, 9.17) is 9.84 Å². The van der Waals surface area contributed by atoms with Crippen molar-refractivity contribution < 1.29 is 19.4 Å². The van der Waals surface area contributed by atoms with Gasteiger partial charge in [0.05, 0.1) is 18.9 Å². The zero-order chi connectivity index (χ0) is 25.1. The van der Waals surface area contributed by atoms with Crippen molar-refractivity contribution in [1.29, 1.82) is 0 Å². The average molecular weight is 501 g/mol. The Bertz CT molecular complexity index is 1340. The number of carbonyl (C=O) groups excluding carboxylic acids is 2. The van der Waals surface area contributed by atoms with Gasteiger partial charge in [0.25, 0.3) is 5.91 Å². The molecule has 8 nitrogen and oxygen atoms in total. The maximum Gasteiger partial charge on any atom is 0.262 e. The van der Waals surface area contributed by atoms with Gasteiger partial charge in [0.1, 0.15) is 16.7 Å². The van der Waals surface area contributed by atoms with Crippen LogP contribution in [-0.2, 0) is 9.59 Å². The molecule has 0 aliphatic carbocycles. The van der Waals surface area contributed by atoms with Crippen LogP contribution < -0.4 is 10.1 Å². The van der Waals surface area contributed by atoms with E-state index < -0.39 is 5.25 Å².